The lowest BCUT2D eigenvalue weighted by atomic mass is 9.81. The molecule has 1 amide bonds. The van der Waals surface area contributed by atoms with E-state index in [1.54, 1.807) is 24.0 Å². The summed E-state index contributed by atoms with van der Waals surface area (Å²) in [6.07, 6.45) is 7.11. The van der Waals surface area contributed by atoms with Crippen LogP contribution in [0.5, 0.6) is 0 Å². The second-order valence-electron chi connectivity index (χ2n) is 4.84. The normalized spacial score (nSPS) is 18.9. The van der Waals surface area contributed by atoms with Crippen LogP contribution in [0.3, 0.4) is 0 Å². The minimum atomic E-state index is -0.209. The third kappa shape index (κ3) is 2.49. The number of hydrogen-bond acceptors (Lipinski definition) is 3. The van der Waals surface area contributed by atoms with Crippen LogP contribution in [-0.2, 0) is 7.05 Å². The average Bonchev–Trinajstić information content (AvgIpc) is 2.77. The van der Waals surface area contributed by atoms with Crippen molar-refractivity contribution in [3.05, 3.63) is 18.0 Å². The molecular formula is C12H20N4O. The molecule has 1 fully saturated rings. The Kier molecular flexibility index (Phi) is 3.47. The van der Waals surface area contributed by atoms with Crippen molar-refractivity contribution in [2.75, 3.05) is 6.54 Å². The summed E-state index contributed by atoms with van der Waals surface area (Å²) < 4.78 is 1.59. The molecule has 0 aliphatic heterocycles. The van der Waals surface area contributed by atoms with Gasteiger partial charge in [0.05, 0.1) is 5.54 Å². The number of carbonyl (C=O) groups is 1. The number of rotatable bonds is 3. The Balaban J connectivity index is 2.08. The van der Waals surface area contributed by atoms with Crippen LogP contribution in [0.25, 0.3) is 0 Å². The second-order valence-corrected chi connectivity index (χ2v) is 4.84. The highest BCUT2D eigenvalue weighted by molar-refractivity contribution is 5.93. The molecule has 0 radical (unpaired) electrons. The molecule has 2 rings (SSSR count). The van der Waals surface area contributed by atoms with Gasteiger partial charge in [-0.05, 0) is 18.9 Å². The van der Waals surface area contributed by atoms with Gasteiger partial charge in [0.2, 0.25) is 0 Å². The van der Waals surface area contributed by atoms with Crippen molar-refractivity contribution in [1.82, 2.24) is 15.1 Å². The fraction of sp³-hybridized carbons (Fsp3) is 0.667. The van der Waals surface area contributed by atoms with Crippen LogP contribution in [0.4, 0.5) is 0 Å². The predicted molar refractivity (Wildman–Crippen MR) is 65.5 cm³/mol. The van der Waals surface area contributed by atoms with E-state index < -0.39 is 0 Å². The van der Waals surface area contributed by atoms with E-state index in [2.05, 4.69) is 10.4 Å². The largest absolute Gasteiger partial charge is 0.344 e. The van der Waals surface area contributed by atoms with Crippen molar-refractivity contribution in [2.45, 2.75) is 37.6 Å². The highest BCUT2D eigenvalue weighted by atomic mass is 16.2. The van der Waals surface area contributed by atoms with E-state index >= 15 is 0 Å². The molecule has 5 heteroatoms. The van der Waals surface area contributed by atoms with Crippen molar-refractivity contribution < 1.29 is 4.79 Å². The first kappa shape index (κ1) is 12.1. The molecule has 94 valence electrons. The zero-order valence-electron chi connectivity index (χ0n) is 10.3. The predicted octanol–water partition coefficient (Wildman–Crippen LogP) is 0.811. The van der Waals surface area contributed by atoms with E-state index in [4.69, 9.17) is 5.73 Å². The molecule has 0 atom stereocenters. The molecule has 1 saturated carbocycles. The minimum Gasteiger partial charge on any atom is -0.344 e. The quantitative estimate of drug-likeness (QED) is 0.815. The zero-order valence-corrected chi connectivity index (χ0v) is 10.3. The molecule has 0 unspecified atom stereocenters. The molecule has 17 heavy (non-hydrogen) atoms. The summed E-state index contributed by atoms with van der Waals surface area (Å²) in [7, 11) is 1.77. The average molecular weight is 236 g/mol. The molecule has 0 spiro atoms. The minimum absolute atomic E-state index is 0.0719. The molecule has 3 N–H and O–H groups in total. The van der Waals surface area contributed by atoms with Gasteiger partial charge in [0.25, 0.3) is 5.91 Å². The second kappa shape index (κ2) is 4.87. The molecule has 0 aromatic carbocycles. The number of aryl methyl sites for hydroxylation is 1. The van der Waals surface area contributed by atoms with Gasteiger partial charge in [0, 0.05) is 19.8 Å². The molecule has 0 bridgehead atoms. The van der Waals surface area contributed by atoms with Crippen LogP contribution in [0.15, 0.2) is 12.3 Å². The maximum Gasteiger partial charge on any atom is 0.270 e. The molecule has 1 heterocycles. The van der Waals surface area contributed by atoms with Gasteiger partial charge in [-0.3, -0.25) is 9.48 Å². The SMILES string of the molecule is Cn1nccc1C(=O)NC1(CN)CCCCC1. The van der Waals surface area contributed by atoms with Crippen LogP contribution in [0.2, 0.25) is 0 Å². The third-order valence-corrected chi connectivity index (χ3v) is 3.63. The first-order valence-corrected chi connectivity index (χ1v) is 6.17. The smallest absolute Gasteiger partial charge is 0.270 e. The lowest BCUT2D eigenvalue weighted by Gasteiger charge is -2.37. The van der Waals surface area contributed by atoms with E-state index in [1.807, 2.05) is 0 Å². The summed E-state index contributed by atoms with van der Waals surface area (Å²) in [6.45, 7) is 0.511. The van der Waals surface area contributed by atoms with Crippen LogP contribution in [0.1, 0.15) is 42.6 Å². The van der Waals surface area contributed by atoms with E-state index in [-0.39, 0.29) is 11.4 Å². The number of carbonyl (C=O) groups excluding carboxylic acids is 1. The fourth-order valence-electron chi connectivity index (χ4n) is 2.51. The fourth-order valence-corrected chi connectivity index (χ4v) is 2.51. The third-order valence-electron chi connectivity index (χ3n) is 3.63. The number of hydrogen-bond donors (Lipinski definition) is 2. The van der Waals surface area contributed by atoms with E-state index in [1.165, 1.54) is 6.42 Å². The summed E-state index contributed by atoms with van der Waals surface area (Å²) >= 11 is 0. The summed E-state index contributed by atoms with van der Waals surface area (Å²) in [5, 5.41) is 7.10. The van der Waals surface area contributed by atoms with Crippen molar-refractivity contribution in [3.8, 4) is 0 Å². The summed E-state index contributed by atoms with van der Waals surface area (Å²) in [5.41, 5.74) is 6.22. The topological polar surface area (TPSA) is 72.9 Å². The van der Waals surface area contributed by atoms with Crippen molar-refractivity contribution in [3.63, 3.8) is 0 Å². The Hall–Kier alpha value is -1.36. The maximum absolute atomic E-state index is 12.1. The van der Waals surface area contributed by atoms with Crippen LogP contribution in [-0.4, -0.2) is 27.8 Å². The summed E-state index contributed by atoms with van der Waals surface area (Å²) in [5.74, 6) is -0.0719. The molecule has 5 nitrogen and oxygen atoms in total. The van der Waals surface area contributed by atoms with Crippen LogP contribution < -0.4 is 11.1 Å². The van der Waals surface area contributed by atoms with Gasteiger partial charge in [0.1, 0.15) is 5.69 Å². The molecule has 1 aliphatic carbocycles. The highest BCUT2D eigenvalue weighted by Crippen LogP contribution is 2.27. The van der Waals surface area contributed by atoms with E-state index in [0.29, 0.717) is 12.2 Å². The Bertz CT molecular complexity index is 393. The summed E-state index contributed by atoms with van der Waals surface area (Å²) in [6, 6.07) is 1.72. The number of nitrogens with one attached hydrogen (secondary N) is 1. The van der Waals surface area contributed by atoms with E-state index in [0.717, 1.165) is 25.7 Å². The van der Waals surface area contributed by atoms with Gasteiger partial charge in [-0.2, -0.15) is 5.10 Å². The molecule has 1 aromatic heterocycles. The van der Waals surface area contributed by atoms with Crippen molar-refractivity contribution in [1.29, 1.82) is 0 Å². The lowest BCUT2D eigenvalue weighted by Crippen LogP contribution is -2.55. The zero-order chi connectivity index (χ0) is 12.3. The number of amides is 1. The van der Waals surface area contributed by atoms with Crippen molar-refractivity contribution in [2.24, 2.45) is 12.8 Å². The first-order valence-electron chi connectivity index (χ1n) is 6.17. The van der Waals surface area contributed by atoms with Gasteiger partial charge in [-0.1, -0.05) is 19.3 Å². The maximum atomic E-state index is 12.1. The highest BCUT2D eigenvalue weighted by Gasteiger charge is 2.32. The Labute approximate surface area is 101 Å². The van der Waals surface area contributed by atoms with Crippen molar-refractivity contribution >= 4 is 5.91 Å². The van der Waals surface area contributed by atoms with Gasteiger partial charge in [0.15, 0.2) is 0 Å². The van der Waals surface area contributed by atoms with E-state index in [9.17, 15) is 4.79 Å². The Morgan fingerprint density at radius 1 is 1.53 bits per heavy atom. The monoisotopic (exact) mass is 236 g/mol. The molecule has 0 saturated heterocycles. The van der Waals surface area contributed by atoms with Crippen LogP contribution >= 0.6 is 0 Å². The van der Waals surface area contributed by atoms with Gasteiger partial charge in [-0.15, -0.1) is 0 Å². The lowest BCUT2D eigenvalue weighted by molar-refractivity contribution is 0.0865. The standard InChI is InChI=1S/C12H20N4O/c1-16-10(5-8-14-16)11(17)15-12(9-13)6-3-2-4-7-12/h5,8H,2-4,6-7,9,13H2,1H3,(H,15,17). The van der Waals surface area contributed by atoms with Gasteiger partial charge >= 0.3 is 0 Å². The first-order chi connectivity index (χ1) is 8.17. The number of aromatic nitrogens is 2. The number of nitrogens with zero attached hydrogens (tertiary/aromatic N) is 2. The Morgan fingerprint density at radius 3 is 2.76 bits per heavy atom. The molecule has 1 aromatic rings. The van der Waals surface area contributed by atoms with Gasteiger partial charge in [-0.25, -0.2) is 0 Å². The number of nitrogens with two attached hydrogens (primary N) is 1. The molecular weight excluding hydrogens is 216 g/mol. The summed E-state index contributed by atoms with van der Waals surface area (Å²) in [4.78, 5) is 12.1. The van der Waals surface area contributed by atoms with Crippen LogP contribution in [0, 0.1) is 0 Å². The molecule has 1 aliphatic rings. The Morgan fingerprint density at radius 2 is 2.24 bits per heavy atom. The van der Waals surface area contributed by atoms with Gasteiger partial charge < -0.3 is 11.1 Å².